The van der Waals surface area contributed by atoms with Gasteiger partial charge in [-0.3, -0.25) is 9.69 Å². The fourth-order valence-electron chi connectivity index (χ4n) is 5.13. The number of amides is 1. The number of carbonyl (C=O) groups excluding carboxylic acids is 1. The molecule has 11 heteroatoms. The molecule has 0 saturated heterocycles. The van der Waals surface area contributed by atoms with Gasteiger partial charge in [0.15, 0.2) is 11.5 Å². The monoisotopic (exact) mass is 544 g/mol. The third-order valence-corrected chi connectivity index (χ3v) is 7.32. The number of halogens is 2. The van der Waals surface area contributed by atoms with E-state index in [-0.39, 0.29) is 34.3 Å². The Morgan fingerprint density at radius 1 is 1.15 bits per heavy atom. The molecule has 2 aliphatic rings. The predicted octanol–water partition coefficient (Wildman–Crippen LogP) is 5.41. The number of methoxy groups -OCH3 is 2. The van der Waals surface area contributed by atoms with E-state index in [0.717, 1.165) is 24.0 Å². The van der Waals surface area contributed by atoms with Gasteiger partial charge in [0.1, 0.15) is 11.9 Å². The van der Waals surface area contributed by atoms with Crippen molar-refractivity contribution in [1.82, 2.24) is 19.5 Å². The largest absolute Gasteiger partial charge is 0.480 e. The minimum absolute atomic E-state index is 0.0496. The maximum atomic E-state index is 15.4. The number of ether oxygens (including phenoxy) is 2. The van der Waals surface area contributed by atoms with Gasteiger partial charge in [0.05, 0.1) is 47.8 Å². The van der Waals surface area contributed by atoms with Gasteiger partial charge in [-0.1, -0.05) is 23.7 Å². The zero-order valence-corrected chi connectivity index (χ0v) is 22.0. The Hall–Kier alpha value is -4.49. The van der Waals surface area contributed by atoms with Crippen LogP contribution in [0.5, 0.6) is 11.9 Å². The van der Waals surface area contributed by atoms with Crippen LogP contribution in [0.15, 0.2) is 42.6 Å². The van der Waals surface area contributed by atoms with E-state index in [9.17, 15) is 10.1 Å². The first-order valence-electron chi connectivity index (χ1n) is 12.2. The SMILES string of the molecule is COc1ncc(-c2nc3c(n2C2CC2)C(c2ccc(C#N)cc2C)N(c2cccc(Cl)c2F)C3=O)c(OC)n1. The first-order valence-corrected chi connectivity index (χ1v) is 12.6. The van der Waals surface area contributed by atoms with E-state index in [1.807, 2.05) is 11.5 Å². The molecule has 6 rings (SSSR count). The van der Waals surface area contributed by atoms with Crippen molar-refractivity contribution in [3.8, 4) is 29.3 Å². The number of aromatic nitrogens is 4. The topological polar surface area (TPSA) is 106 Å². The number of hydrogen-bond donors (Lipinski definition) is 0. The first-order chi connectivity index (χ1) is 18.9. The summed E-state index contributed by atoms with van der Waals surface area (Å²) in [7, 11) is 2.95. The van der Waals surface area contributed by atoms with E-state index in [0.29, 0.717) is 22.6 Å². The van der Waals surface area contributed by atoms with Crippen LogP contribution >= 0.6 is 11.6 Å². The van der Waals surface area contributed by atoms with Gasteiger partial charge >= 0.3 is 6.01 Å². The summed E-state index contributed by atoms with van der Waals surface area (Å²) in [6, 6.07) is 11.4. The van der Waals surface area contributed by atoms with Crippen molar-refractivity contribution in [3.63, 3.8) is 0 Å². The lowest BCUT2D eigenvalue weighted by atomic mass is 9.96. The summed E-state index contributed by atoms with van der Waals surface area (Å²) < 4.78 is 28.1. The summed E-state index contributed by atoms with van der Waals surface area (Å²) in [5.41, 5.74) is 3.38. The fourth-order valence-corrected chi connectivity index (χ4v) is 5.30. The second kappa shape index (κ2) is 9.36. The summed E-state index contributed by atoms with van der Waals surface area (Å²) in [5.74, 6) is -0.423. The molecule has 1 fully saturated rings. The minimum Gasteiger partial charge on any atom is -0.480 e. The number of aryl methyl sites for hydroxylation is 1. The Morgan fingerprint density at radius 2 is 1.95 bits per heavy atom. The lowest BCUT2D eigenvalue weighted by Gasteiger charge is -2.29. The van der Waals surface area contributed by atoms with Crippen LogP contribution in [0.4, 0.5) is 10.1 Å². The van der Waals surface area contributed by atoms with Crippen LogP contribution in [-0.4, -0.2) is 39.6 Å². The van der Waals surface area contributed by atoms with Gasteiger partial charge < -0.3 is 14.0 Å². The maximum Gasteiger partial charge on any atom is 0.319 e. The maximum absolute atomic E-state index is 15.4. The molecular formula is C28H22ClFN6O3. The Balaban J connectivity index is 1.63. The van der Waals surface area contributed by atoms with Crippen molar-refractivity contribution >= 4 is 23.2 Å². The Kier molecular flexibility index (Phi) is 5.96. The van der Waals surface area contributed by atoms with E-state index >= 15 is 4.39 Å². The molecule has 0 radical (unpaired) electrons. The summed E-state index contributed by atoms with van der Waals surface area (Å²) in [6.07, 6.45) is 3.32. The highest BCUT2D eigenvalue weighted by Gasteiger charge is 2.48. The number of anilines is 1. The first kappa shape index (κ1) is 24.8. The Morgan fingerprint density at radius 3 is 2.62 bits per heavy atom. The zero-order chi connectivity index (χ0) is 27.4. The minimum atomic E-state index is -0.722. The molecule has 1 aliphatic carbocycles. The molecule has 1 atom stereocenters. The van der Waals surface area contributed by atoms with E-state index < -0.39 is 17.8 Å². The molecule has 1 unspecified atom stereocenters. The highest BCUT2D eigenvalue weighted by molar-refractivity contribution is 6.31. The predicted molar refractivity (Wildman–Crippen MR) is 141 cm³/mol. The average Bonchev–Trinajstić information content (AvgIpc) is 3.66. The summed E-state index contributed by atoms with van der Waals surface area (Å²) in [4.78, 5) is 28.8. The molecule has 2 aromatic carbocycles. The van der Waals surface area contributed by atoms with Crippen LogP contribution in [-0.2, 0) is 0 Å². The van der Waals surface area contributed by atoms with Gasteiger partial charge in [-0.05, 0) is 55.2 Å². The molecule has 3 heterocycles. The third-order valence-electron chi connectivity index (χ3n) is 7.03. The van der Waals surface area contributed by atoms with Gasteiger partial charge in [0.25, 0.3) is 5.91 Å². The molecule has 4 aromatic rings. The molecule has 0 spiro atoms. The van der Waals surface area contributed by atoms with Crippen LogP contribution in [0, 0.1) is 24.1 Å². The molecule has 9 nitrogen and oxygen atoms in total. The number of nitriles is 1. The second-order valence-electron chi connectivity index (χ2n) is 9.38. The molecule has 1 aliphatic heterocycles. The van der Waals surface area contributed by atoms with Crippen molar-refractivity contribution in [2.75, 3.05) is 19.1 Å². The molecule has 2 aromatic heterocycles. The van der Waals surface area contributed by atoms with E-state index in [2.05, 4.69) is 16.0 Å². The van der Waals surface area contributed by atoms with Gasteiger partial charge in [-0.15, -0.1) is 0 Å². The van der Waals surface area contributed by atoms with E-state index in [1.54, 1.807) is 30.5 Å². The van der Waals surface area contributed by atoms with Crippen LogP contribution in [0.1, 0.15) is 57.8 Å². The van der Waals surface area contributed by atoms with Gasteiger partial charge in [-0.25, -0.2) is 14.4 Å². The molecule has 0 N–H and O–H groups in total. The number of rotatable bonds is 6. The van der Waals surface area contributed by atoms with Crippen LogP contribution in [0.2, 0.25) is 5.02 Å². The van der Waals surface area contributed by atoms with Crippen molar-refractivity contribution in [2.24, 2.45) is 0 Å². The zero-order valence-electron chi connectivity index (χ0n) is 21.3. The standard InChI is InChI=1S/C28H22ClFN6O3/c1-14-11-15(12-31)7-10-17(14)23-24-22(27(37)36(23)20-6-4-5-19(29)21(20)30)33-25(35(24)16-8-9-16)18-13-32-28(39-3)34-26(18)38-2/h4-7,10-11,13,16,23H,8-9H2,1-3H3. The normalized spacial score (nSPS) is 16.3. The highest BCUT2D eigenvalue weighted by atomic mass is 35.5. The molecule has 1 amide bonds. The van der Waals surface area contributed by atoms with Crippen molar-refractivity contribution in [3.05, 3.63) is 81.5 Å². The average molecular weight is 545 g/mol. The number of nitrogens with zero attached hydrogens (tertiary/aromatic N) is 6. The molecule has 1 saturated carbocycles. The van der Waals surface area contributed by atoms with Gasteiger partial charge in [0, 0.05) is 12.2 Å². The quantitative estimate of drug-likeness (QED) is 0.319. The fraction of sp³-hybridized carbons (Fsp3) is 0.250. The van der Waals surface area contributed by atoms with Gasteiger partial charge in [-0.2, -0.15) is 10.2 Å². The van der Waals surface area contributed by atoms with Crippen LogP contribution < -0.4 is 14.4 Å². The number of hydrogen-bond acceptors (Lipinski definition) is 7. The Bertz CT molecular complexity index is 1690. The number of carbonyl (C=O) groups is 1. The van der Waals surface area contributed by atoms with Crippen molar-refractivity contribution < 1.29 is 18.7 Å². The second-order valence-corrected chi connectivity index (χ2v) is 9.79. The lowest BCUT2D eigenvalue weighted by Crippen LogP contribution is -2.31. The summed E-state index contributed by atoms with van der Waals surface area (Å²) >= 11 is 6.14. The smallest absolute Gasteiger partial charge is 0.319 e. The highest BCUT2D eigenvalue weighted by Crippen LogP contribution is 2.50. The molecule has 39 heavy (non-hydrogen) atoms. The summed E-state index contributed by atoms with van der Waals surface area (Å²) in [5, 5.41) is 9.34. The third kappa shape index (κ3) is 3.89. The number of benzene rings is 2. The van der Waals surface area contributed by atoms with Crippen LogP contribution in [0.25, 0.3) is 11.4 Å². The molecular weight excluding hydrogens is 523 g/mol. The van der Waals surface area contributed by atoms with Crippen LogP contribution in [0.3, 0.4) is 0 Å². The van der Waals surface area contributed by atoms with E-state index in [4.69, 9.17) is 26.1 Å². The number of imidazole rings is 1. The van der Waals surface area contributed by atoms with Crippen molar-refractivity contribution in [2.45, 2.75) is 31.8 Å². The van der Waals surface area contributed by atoms with Gasteiger partial charge in [0.2, 0.25) is 5.88 Å². The lowest BCUT2D eigenvalue weighted by molar-refractivity contribution is 0.0988. The number of fused-ring (bicyclic) bond motifs is 1. The molecule has 0 bridgehead atoms. The summed E-state index contributed by atoms with van der Waals surface area (Å²) in [6.45, 7) is 1.87. The molecule has 196 valence electrons. The van der Waals surface area contributed by atoms with E-state index in [1.165, 1.54) is 31.3 Å². The van der Waals surface area contributed by atoms with Crippen molar-refractivity contribution in [1.29, 1.82) is 5.26 Å². The Labute approximate surface area is 228 Å².